The van der Waals surface area contributed by atoms with Crippen LogP contribution in [0.15, 0.2) is 33.3 Å². The van der Waals surface area contributed by atoms with Crippen LogP contribution in [0, 0.1) is 12.7 Å². The van der Waals surface area contributed by atoms with E-state index in [2.05, 4.69) is 9.71 Å². The molecule has 0 saturated heterocycles. The van der Waals surface area contributed by atoms with Crippen LogP contribution in [0.4, 0.5) is 4.39 Å². The SMILES string of the molecule is Cc1[nH]c(=O)sc1S(=O)(=O)NCCc1cccc(F)c1. The fraction of sp³-hybridized carbons (Fsp3) is 0.250. The predicted molar refractivity (Wildman–Crippen MR) is 75.0 cm³/mol. The number of H-pyrrole nitrogens is 1. The van der Waals surface area contributed by atoms with Crippen molar-refractivity contribution in [3.8, 4) is 0 Å². The van der Waals surface area contributed by atoms with Crippen LogP contribution < -0.4 is 9.60 Å². The van der Waals surface area contributed by atoms with E-state index in [-0.39, 0.29) is 16.6 Å². The van der Waals surface area contributed by atoms with E-state index in [9.17, 15) is 17.6 Å². The van der Waals surface area contributed by atoms with E-state index in [1.165, 1.54) is 19.1 Å². The van der Waals surface area contributed by atoms with Gasteiger partial charge >= 0.3 is 4.87 Å². The van der Waals surface area contributed by atoms with Gasteiger partial charge in [0.15, 0.2) is 4.21 Å². The average molecular weight is 316 g/mol. The molecule has 0 bridgehead atoms. The highest BCUT2D eigenvalue weighted by Crippen LogP contribution is 2.15. The van der Waals surface area contributed by atoms with Crippen LogP contribution in [0.3, 0.4) is 0 Å². The van der Waals surface area contributed by atoms with Crippen molar-refractivity contribution in [3.63, 3.8) is 0 Å². The molecule has 1 heterocycles. The van der Waals surface area contributed by atoms with Gasteiger partial charge in [0, 0.05) is 12.2 Å². The Hall–Kier alpha value is -1.51. The molecule has 0 unspecified atom stereocenters. The number of halogens is 1. The lowest BCUT2D eigenvalue weighted by Crippen LogP contribution is -2.25. The summed E-state index contributed by atoms with van der Waals surface area (Å²) in [7, 11) is -3.71. The van der Waals surface area contributed by atoms with Crippen LogP contribution in [0.1, 0.15) is 11.3 Å². The molecule has 8 heteroatoms. The molecule has 0 atom stereocenters. The summed E-state index contributed by atoms with van der Waals surface area (Å²) in [6.07, 6.45) is 0.370. The van der Waals surface area contributed by atoms with Crippen LogP contribution in [0.2, 0.25) is 0 Å². The van der Waals surface area contributed by atoms with Crippen molar-refractivity contribution in [2.45, 2.75) is 17.6 Å². The molecule has 2 aromatic rings. The Labute approximate surface area is 119 Å². The van der Waals surface area contributed by atoms with E-state index in [4.69, 9.17) is 0 Å². The Morgan fingerprint density at radius 3 is 2.75 bits per heavy atom. The van der Waals surface area contributed by atoms with Gasteiger partial charge in [-0.1, -0.05) is 23.5 Å². The number of aromatic nitrogens is 1. The van der Waals surface area contributed by atoms with Crippen molar-refractivity contribution in [2.24, 2.45) is 0 Å². The van der Waals surface area contributed by atoms with Crippen LogP contribution in [-0.2, 0) is 16.4 Å². The molecule has 1 aromatic carbocycles. The minimum atomic E-state index is -3.71. The van der Waals surface area contributed by atoms with E-state index in [1.807, 2.05) is 0 Å². The fourth-order valence-corrected chi connectivity index (χ4v) is 4.11. The number of benzene rings is 1. The third-order valence-corrected chi connectivity index (χ3v) is 5.69. The highest BCUT2D eigenvalue weighted by Gasteiger charge is 2.19. The Morgan fingerprint density at radius 2 is 2.15 bits per heavy atom. The highest BCUT2D eigenvalue weighted by molar-refractivity contribution is 7.91. The summed E-state index contributed by atoms with van der Waals surface area (Å²) in [6.45, 7) is 1.66. The maximum absolute atomic E-state index is 13.0. The molecule has 2 N–H and O–H groups in total. The number of rotatable bonds is 5. The van der Waals surface area contributed by atoms with Gasteiger partial charge in [-0.15, -0.1) is 0 Å². The van der Waals surface area contributed by atoms with E-state index >= 15 is 0 Å². The molecule has 108 valence electrons. The molecule has 0 aliphatic carbocycles. The van der Waals surface area contributed by atoms with E-state index < -0.39 is 14.9 Å². The lowest BCUT2D eigenvalue weighted by atomic mass is 10.1. The number of aromatic amines is 1. The first-order valence-electron chi connectivity index (χ1n) is 5.82. The summed E-state index contributed by atoms with van der Waals surface area (Å²) in [6, 6.07) is 5.97. The van der Waals surface area contributed by atoms with Crippen LogP contribution in [0.25, 0.3) is 0 Å². The number of hydrogen-bond donors (Lipinski definition) is 2. The van der Waals surface area contributed by atoms with Crippen LogP contribution >= 0.6 is 11.3 Å². The molecule has 0 amide bonds. The second-order valence-corrected chi connectivity index (χ2v) is 7.15. The Morgan fingerprint density at radius 1 is 1.40 bits per heavy atom. The normalized spacial score (nSPS) is 11.7. The quantitative estimate of drug-likeness (QED) is 0.875. The van der Waals surface area contributed by atoms with Gasteiger partial charge in [0.1, 0.15) is 5.82 Å². The molecule has 2 rings (SSSR count). The minimum Gasteiger partial charge on any atom is -0.315 e. The topological polar surface area (TPSA) is 79.0 Å². The Balaban J connectivity index is 2.03. The monoisotopic (exact) mass is 316 g/mol. The standard InChI is InChI=1S/C12H13FN2O3S2/c1-8-11(19-12(16)15-8)20(17,18)14-6-5-9-3-2-4-10(13)7-9/h2-4,7,14H,5-6H2,1H3,(H,15,16). The minimum absolute atomic E-state index is 0.0123. The summed E-state index contributed by atoms with van der Waals surface area (Å²) >= 11 is 0.648. The number of sulfonamides is 1. The molecule has 0 spiro atoms. The number of thiazole rings is 1. The van der Waals surface area contributed by atoms with Gasteiger partial charge in [-0.3, -0.25) is 4.79 Å². The van der Waals surface area contributed by atoms with Gasteiger partial charge < -0.3 is 4.98 Å². The van der Waals surface area contributed by atoms with Crippen LogP contribution in [0.5, 0.6) is 0 Å². The molecule has 0 fully saturated rings. The number of hydrogen-bond acceptors (Lipinski definition) is 4. The Kier molecular flexibility index (Phi) is 4.36. The van der Waals surface area contributed by atoms with Gasteiger partial charge in [0.2, 0.25) is 0 Å². The van der Waals surface area contributed by atoms with Crippen molar-refractivity contribution in [1.29, 1.82) is 0 Å². The average Bonchev–Trinajstić information content (AvgIpc) is 2.69. The zero-order valence-corrected chi connectivity index (χ0v) is 12.3. The molecule has 0 radical (unpaired) electrons. The second-order valence-electron chi connectivity index (χ2n) is 4.20. The zero-order valence-electron chi connectivity index (χ0n) is 10.6. The number of aryl methyl sites for hydroxylation is 1. The second kappa shape index (κ2) is 5.86. The highest BCUT2D eigenvalue weighted by atomic mass is 32.2. The first-order chi connectivity index (χ1) is 9.38. The maximum atomic E-state index is 13.0. The molecule has 0 aliphatic heterocycles. The van der Waals surface area contributed by atoms with Crippen molar-refractivity contribution < 1.29 is 12.8 Å². The molecular formula is C12H13FN2O3S2. The molecule has 1 aromatic heterocycles. The van der Waals surface area contributed by atoms with Crippen LogP contribution in [-0.4, -0.2) is 19.9 Å². The Bertz CT molecular complexity index is 765. The van der Waals surface area contributed by atoms with Gasteiger partial charge in [0.25, 0.3) is 10.0 Å². The van der Waals surface area contributed by atoms with Gasteiger partial charge in [-0.2, -0.15) is 0 Å². The first kappa shape index (κ1) is 14.9. The lowest BCUT2D eigenvalue weighted by molar-refractivity contribution is 0.583. The van der Waals surface area contributed by atoms with Crippen molar-refractivity contribution in [1.82, 2.24) is 9.71 Å². The summed E-state index contributed by atoms with van der Waals surface area (Å²) in [5.41, 5.74) is 1.02. The maximum Gasteiger partial charge on any atom is 0.305 e. The third-order valence-electron chi connectivity index (χ3n) is 2.62. The predicted octanol–water partition coefficient (Wildman–Crippen LogP) is 1.40. The summed E-state index contributed by atoms with van der Waals surface area (Å²) in [5.74, 6) is -0.356. The van der Waals surface area contributed by atoms with E-state index in [0.29, 0.717) is 29.0 Å². The summed E-state index contributed by atoms with van der Waals surface area (Å²) in [5, 5.41) is 0. The van der Waals surface area contributed by atoms with Gasteiger partial charge in [-0.25, -0.2) is 17.5 Å². The molecule has 5 nitrogen and oxygen atoms in total. The summed E-state index contributed by atoms with van der Waals surface area (Å²) in [4.78, 5) is 13.1. The molecule has 0 aliphatic rings. The van der Waals surface area contributed by atoms with Crippen molar-refractivity contribution in [3.05, 3.63) is 51.0 Å². The molecule has 20 heavy (non-hydrogen) atoms. The largest absolute Gasteiger partial charge is 0.315 e. The molecule has 0 saturated carbocycles. The van der Waals surface area contributed by atoms with Crippen molar-refractivity contribution >= 4 is 21.4 Å². The molecular weight excluding hydrogens is 303 g/mol. The summed E-state index contributed by atoms with van der Waals surface area (Å²) < 4.78 is 39.3. The van der Waals surface area contributed by atoms with Gasteiger partial charge in [-0.05, 0) is 31.0 Å². The van der Waals surface area contributed by atoms with E-state index in [1.54, 1.807) is 12.1 Å². The smallest absolute Gasteiger partial charge is 0.305 e. The van der Waals surface area contributed by atoms with Crippen molar-refractivity contribution in [2.75, 3.05) is 6.54 Å². The first-order valence-corrected chi connectivity index (χ1v) is 8.12. The third kappa shape index (κ3) is 3.53. The van der Waals surface area contributed by atoms with Gasteiger partial charge in [0.05, 0.1) is 0 Å². The lowest BCUT2D eigenvalue weighted by Gasteiger charge is -2.05. The number of nitrogens with one attached hydrogen (secondary N) is 2. The fourth-order valence-electron chi connectivity index (χ4n) is 1.73. The van der Waals surface area contributed by atoms with E-state index in [0.717, 1.165) is 0 Å². The zero-order chi connectivity index (χ0) is 14.8.